The largest absolute Gasteiger partial charge is 0.493 e. The van der Waals surface area contributed by atoms with Gasteiger partial charge in [0.25, 0.3) is 10.0 Å². The van der Waals surface area contributed by atoms with Gasteiger partial charge in [-0.25, -0.2) is 17.8 Å². The third-order valence-electron chi connectivity index (χ3n) is 6.44. The molecule has 1 N–H and O–H groups in total. The van der Waals surface area contributed by atoms with Gasteiger partial charge in [-0.3, -0.25) is 9.62 Å². The van der Waals surface area contributed by atoms with Gasteiger partial charge in [-0.1, -0.05) is 36.8 Å². The summed E-state index contributed by atoms with van der Waals surface area (Å²) in [4.78, 5) is 5.99. The number of anilines is 1. The maximum atomic E-state index is 15.1. The molecule has 0 bridgehead atoms. The van der Waals surface area contributed by atoms with Crippen LogP contribution in [0.25, 0.3) is 0 Å². The first-order chi connectivity index (χ1) is 16.0. The Morgan fingerprint density at radius 2 is 2.03 bits per heavy atom. The summed E-state index contributed by atoms with van der Waals surface area (Å²) in [6.07, 6.45) is 4.22. The van der Waals surface area contributed by atoms with Crippen molar-refractivity contribution in [3.05, 3.63) is 70.3 Å². The Balaban J connectivity index is 1.41. The zero-order valence-corrected chi connectivity index (χ0v) is 19.7. The summed E-state index contributed by atoms with van der Waals surface area (Å²) < 4.78 is 48.7. The zero-order valence-electron chi connectivity index (χ0n) is 18.1. The van der Waals surface area contributed by atoms with E-state index in [-0.39, 0.29) is 11.7 Å². The van der Waals surface area contributed by atoms with Gasteiger partial charge in [0.2, 0.25) is 0 Å². The fourth-order valence-electron chi connectivity index (χ4n) is 4.86. The average molecular weight is 488 g/mol. The van der Waals surface area contributed by atoms with Gasteiger partial charge < -0.3 is 4.74 Å². The first-order valence-corrected chi connectivity index (χ1v) is 13.6. The van der Waals surface area contributed by atoms with E-state index >= 15 is 4.39 Å². The lowest BCUT2D eigenvalue weighted by molar-refractivity contribution is 0.127. The molecule has 3 heterocycles. The van der Waals surface area contributed by atoms with Crippen molar-refractivity contribution in [1.29, 1.82) is 0 Å². The smallest absolute Gasteiger partial charge is 0.266 e. The molecule has 1 saturated heterocycles. The number of ether oxygens (including phenoxy) is 1. The van der Waals surface area contributed by atoms with E-state index in [1.165, 1.54) is 41.0 Å². The molecule has 2 aliphatic heterocycles. The Hall–Kier alpha value is -2.49. The summed E-state index contributed by atoms with van der Waals surface area (Å²) in [6.45, 7) is 2.27. The minimum atomic E-state index is -4.11. The average Bonchev–Trinajstić information content (AvgIpc) is 3.32. The highest BCUT2D eigenvalue weighted by molar-refractivity contribution is 7.92. The fraction of sp³-hybridized carbons (Fsp3) is 0.375. The van der Waals surface area contributed by atoms with Crippen molar-refractivity contribution in [3.8, 4) is 5.75 Å². The molecule has 9 heteroatoms. The molecule has 1 fully saturated rings. The number of likely N-dealkylation sites (tertiary alicyclic amines) is 1. The zero-order chi connectivity index (χ0) is 22.8. The molecule has 2 aliphatic rings. The highest BCUT2D eigenvalue weighted by Gasteiger charge is 2.32. The second-order valence-electron chi connectivity index (χ2n) is 8.55. The first kappa shape index (κ1) is 22.3. The van der Waals surface area contributed by atoms with Crippen molar-refractivity contribution in [3.63, 3.8) is 0 Å². The van der Waals surface area contributed by atoms with Crippen LogP contribution in [0.3, 0.4) is 0 Å². The summed E-state index contributed by atoms with van der Waals surface area (Å²) in [5.41, 5.74) is 3.56. The minimum absolute atomic E-state index is 0.0795. The number of rotatable bonds is 6. The molecular formula is C24H26FN3O3S2. The maximum absolute atomic E-state index is 15.1. The molecule has 2 atom stereocenters. The first-order valence-electron chi connectivity index (χ1n) is 11.2. The van der Waals surface area contributed by atoms with E-state index in [1.807, 2.05) is 6.07 Å². The van der Waals surface area contributed by atoms with Crippen molar-refractivity contribution in [2.75, 3.05) is 24.4 Å². The summed E-state index contributed by atoms with van der Waals surface area (Å²) in [7, 11) is -4.11. The van der Waals surface area contributed by atoms with Crippen LogP contribution in [0.5, 0.6) is 5.75 Å². The van der Waals surface area contributed by atoms with E-state index in [9.17, 15) is 8.42 Å². The summed E-state index contributed by atoms with van der Waals surface area (Å²) in [6, 6.07) is 13.5. The van der Waals surface area contributed by atoms with Gasteiger partial charge in [0.1, 0.15) is 16.5 Å². The summed E-state index contributed by atoms with van der Waals surface area (Å²) >= 11 is 1.26. The van der Waals surface area contributed by atoms with Gasteiger partial charge in [0, 0.05) is 35.5 Å². The number of nitrogens with one attached hydrogen (secondary N) is 1. The summed E-state index contributed by atoms with van der Waals surface area (Å²) in [5, 5.41) is 1.56. The van der Waals surface area contributed by atoms with Crippen LogP contribution in [0.1, 0.15) is 48.8 Å². The van der Waals surface area contributed by atoms with Gasteiger partial charge in [-0.2, -0.15) is 0 Å². The van der Waals surface area contributed by atoms with Gasteiger partial charge in [0.05, 0.1) is 12.1 Å². The lowest BCUT2D eigenvalue weighted by Crippen LogP contribution is -2.37. The van der Waals surface area contributed by atoms with Crippen molar-refractivity contribution in [2.45, 2.75) is 42.5 Å². The highest BCUT2D eigenvalue weighted by atomic mass is 32.2. The number of hydrogen-bond donors (Lipinski definition) is 1. The Kier molecular flexibility index (Phi) is 6.36. The Labute approximate surface area is 197 Å². The highest BCUT2D eigenvalue weighted by Crippen LogP contribution is 2.40. The van der Waals surface area contributed by atoms with Crippen molar-refractivity contribution < 1.29 is 17.5 Å². The molecule has 5 rings (SSSR count). The number of hydrogen-bond acceptors (Lipinski definition) is 6. The van der Waals surface area contributed by atoms with Gasteiger partial charge in [0.15, 0.2) is 5.82 Å². The number of thiazole rings is 1. The van der Waals surface area contributed by atoms with Crippen molar-refractivity contribution in [1.82, 2.24) is 9.88 Å². The predicted molar refractivity (Wildman–Crippen MR) is 127 cm³/mol. The Morgan fingerprint density at radius 3 is 2.82 bits per heavy atom. The van der Waals surface area contributed by atoms with Crippen LogP contribution < -0.4 is 9.46 Å². The lowest BCUT2D eigenvalue weighted by atomic mass is 9.89. The molecule has 0 saturated carbocycles. The van der Waals surface area contributed by atoms with Crippen molar-refractivity contribution in [2.24, 2.45) is 0 Å². The molecule has 0 radical (unpaired) electrons. The van der Waals surface area contributed by atoms with Crippen LogP contribution in [0.4, 0.5) is 10.2 Å². The summed E-state index contributed by atoms with van der Waals surface area (Å²) in [5.74, 6) is -0.0754. The molecule has 1 aromatic heterocycles. The molecule has 2 aromatic carbocycles. The lowest BCUT2D eigenvalue weighted by Gasteiger charge is -2.39. The van der Waals surface area contributed by atoms with Crippen molar-refractivity contribution >= 4 is 27.2 Å². The molecule has 0 spiro atoms. The maximum Gasteiger partial charge on any atom is 0.266 e. The number of halogens is 1. The molecule has 0 amide bonds. The number of piperidine rings is 1. The van der Waals surface area contributed by atoms with Gasteiger partial charge in [-0.15, -0.1) is 11.3 Å². The van der Waals surface area contributed by atoms with Gasteiger partial charge >= 0.3 is 0 Å². The Morgan fingerprint density at radius 1 is 1.18 bits per heavy atom. The number of fused-ring (bicyclic) bond motifs is 1. The van der Waals surface area contributed by atoms with Crippen LogP contribution >= 0.6 is 11.3 Å². The molecule has 3 aromatic rings. The van der Waals surface area contributed by atoms with E-state index in [0.717, 1.165) is 37.9 Å². The molecule has 0 unspecified atom stereocenters. The normalized spacial score (nSPS) is 21.2. The second-order valence-corrected chi connectivity index (χ2v) is 10.9. The van der Waals surface area contributed by atoms with E-state index in [2.05, 4.69) is 38.9 Å². The number of sulfonamides is 1. The molecule has 6 nitrogen and oxygen atoms in total. The molecular weight excluding hydrogens is 461 g/mol. The Bertz CT molecular complexity index is 1200. The van der Waals surface area contributed by atoms with E-state index < -0.39 is 20.7 Å². The van der Waals surface area contributed by atoms with Crippen LogP contribution in [0, 0.1) is 5.82 Å². The van der Waals surface area contributed by atoms with Gasteiger partial charge in [-0.05, 0) is 37.4 Å². The SMILES string of the molecule is O=S(=O)(Nc1cscn1)c1cc2c(cc1F)[C@H](CN1CCCC[C@H]1c1ccccc1)CCO2. The third kappa shape index (κ3) is 4.76. The second kappa shape index (κ2) is 9.40. The minimum Gasteiger partial charge on any atom is -0.493 e. The van der Waals surface area contributed by atoms with Crippen LogP contribution in [-0.4, -0.2) is 38.0 Å². The number of aromatic nitrogens is 1. The number of nitrogens with zero attached hydrogens (tertiary/aromatic N) is 2. The topological polar surface area (TPSA) is 71.5 Å². The van der Waals surface area contributed by atoms with E-state index in [0.29, 0.717) is 18.4 Å². The van der Waals surface area contributed by atoms with Crippen LogP contribution in [0.2, 0.25) is 0 Å². The molecule has 174 valence electrons. The molecule has 33 heavy (non-hydrogen) atoms. The standard InChI is InChI=1S/C24H26FN3O3S2/c25-20-12-19-18(14-28-10-5-4-8-21(28)17-6-2-1-3-7-17)9-11-31-22(19)13-23(20)33(29,30)27-24-15-32-16-26-24/h1-3,6-7,12-13,15-16,18,21,27H,4-5,8-11,14H2/t18-,21-/m0/s1. The quantitative estimate of drug-likeness (QED) is 0.519. The van der Waals surface area contributed by atoms with E-state index in [4.69, 9.17) is 4.74 Å². The third-order valence-corrected chi connectivity index (χ3v) is 8.40. The fourth-order valence-corrected chi connectivity index (χ4v) is 6.49. The van der Waals surface area contributed by atoms with E-state index in [1.54, 1.807) is 5.38 Å². The number of benzene rings is 2. The van der Waals surface area contributed by atoms with Crippen LogP contribution in [0.15, 0.2) is 58.3 Å². The van der Waals surface area contributed by atoms with Crippen LogP contribution in [-0.2, 0) is 10.0 Å². The predicted octanol–water partition coefficient (Wildman–Crippen LogP) is 5.18. The monoisotopic (exact) mass is 487 g/mol. The molecule has 0 aliphatic carbocycles.